The lowest BCUT2D eigenvalue weighted by Gasteiger charge is -2.36. The Kier molecular flexibility index (Phi) is 6.18. The van der Waals surface area contributed by atoms with Gasteiger partial charge in [-0.05, 0) is 37.1 Å². The Morgan fingerprint density at radius 1 is 0.964 bits per heavy atom. The van der Waals surface area contributed by atoms with Crippen LogP contribution in [-0.2, 0) is 14.8 Å². The Hall–Kier alpha value is -1.81. The maximum atomic E-state index is 12.7. The molecular formula is C18H23F3N2O4S. The number of amides is 1. The number of hydrogen-bond acceptors (Lipinski definition) is 4. The van der Waals surface area contributed by atoms with E-state index in [1.807, 2.05) is 0 Å². The molecule has 1 saturated heterocycles. The topological polar surface area (TPSA) is 66.9 Å². The van der Waals surface area contributed by atoms with Crippen LogP contribution in [0.25, 0.3) is 0 Å². The van der Waals surface area contributed by atoms with Gasteiger partial charge in [0.05, 0.1) is 4.90 Å². The van der Waals surface area contributed by atoms with Crippen molar-refractivity contribution < 1.29 is 31.1 Å². The average Bonchev–Trinajstić information content (AvgIpc) is 2.67. The lowest BCUT2D eigenvalue weighted by atomic mass is 9.88. The predicted octanol–water partition coefficient (Wildman–Crippen LogP) is 3.00. The number of alkyl halides is 3. The SMILES string of the molecule is O=C(C1CCCCC1)N1CCN(S(=O)(=O)c2ccc(OC(F)(F)F)cc2)CC1. The van der Waals surface area contributed by atoms with E-state index in [1.54, 1.807) is 4.90 Å². The van der Waals surface area contributed by atoms with Gasteiger partial charge in [-0.15, -0.1) is 13.2 Å². The van der Waals surface area contributed by atoms with Crippen LogP contribution in [0.5, 0.6) is 5.75 Å². The molecule has 156 valence electrons. The molecule has 0 bridgehead atoms. The summed E-state index contributed by atoms with van der Waals surface area (Å²) in [5.41, 5.74) is 0. The number of carbonyl (C=O) groups excluding carboxylic acids is 1. The maximum absolute atomic E-state index is 12.7. The van der Waals surface area contributed by atoms with Crippen molar-refractivity contribution in [2.75, 3.05) is 26.2 Å². The van der Waals surface area contributed by atoms with Crippen molar-refractivity contribution in [1.82, 2.24) is 9.21 Å². The van der Waals surface area contributed by atoms with Gasteiger partial charge in [0.25, 0.3) is 0 Å². The molecule has 2 aliphatic rings. The third-order valence-corrected chi connectivity index (χ3v) is 7.11. The Balaban J connectivity index is 1.60. The van der Waals surface area contributed by atoms with Gasteiger partial charge < -0.3 is 9.64 Å². The first-order chi connectivity index (χ1) is 13.2. The Bertz CT molecular complexity index is 782. The second-order valence-corrected chi connectivity index (χ2v) is 9.02. The minimum Gasteiger partial charge on any atom is -0.406 e. The molecular weight excluding hydrogens is 397 g/mol. The van der Waals surface area contributed by atoms with Crippen molar-refractivity contribution in [2.45, 2.75) is 43.4 Å². The number of ether oxygens (including phenoxy) is 1. The summed E-state index contributed by atoms with van der Waals surface area (Å²) in [6.45, 7) is 0.983. The van der Waals surface area contributed by atoms with Crippen LogP contribution in [-0.4, -0.2) is 56.1 Å². The highest BCUT2D eigenvalue weighted by Gasteiger charge is 2.34. The average molecular weight is 420 g/mol. The van der Waals surface area contributed by atoms with E-state index >= 15 is 0 Å². The smallest absolute Gasteiger partial charge is 0.406 e. The van der Waals surface area contributed by atoms with E-state index < -0.39 is 22.1 Å². The molecule has 0 spiro atoms. The summed E-state index contributed by atoms with van der Waals surface area (Å²) < 4.78 is 67.1. The third-order valence-electron chi connectivity index (χ3n) is 5.20. The summed E-state index contributed by atoms with van der Waals surface area (Å²) in [6, 6.07) is 4.14. The van der Waals surface area contributed by atoms with Crippen LogP contribution in [0, 0.1) is 5.92 Å². The first kappa shape index (κ1) is 20.9. The molecule has 0 unspecified atom stereocenters. The van der Waals surface area contributed by atoms with Gasteiger partial charge in [-0.2, -0.15) is 4.31 Å². The van der Waals surface area contributed by atoms with Crippen molar-refractivity contribution in [3.05, 3.63) is 24.3 Å². The number of benzene rings is 1. The van der Waals surface area contributed by atoms with Crippen molar-refractivity contribution >= 4 is 15.9 Å². The molecule has 28 heavy (non-hydrogen) atoms. The van der Waals surface area contributed by atoms with E-state index in [0.717, 1.165) is 56.4 Å². The van der Waals surface area contributed by atoms with Gasteiger partial charge in [0.2, 0.25) is 15.9 Å². The molecule has 0 N–H and O–H groups in total. The van der Waals surface area contributed by atoms with Crippen LogP contribution < -0.4 is 4.74 Å². The monoisotopic (exact) mass is 420 g/mol. The summed E-state index contributed by atoms with van der Waals surface area (Å²) in [7, 11) is -3.84. The quantitative estimate of drug-likeness (QED) is 0.751. The van der Waals surface area contributed by atoms with Gasteiger partial charge in [0.15, 0.2) is 0 Å². The molecule has 0 radical (unpaired) electrons. The zero-order valence-electron chi connectivity index (χ0n) is 15.3. The van der Waals surface area contributed by atoms with Crippen LogP contribution in [0.15, 0.2) is 29.2 Å². The molecule has 0 aromatic heterocycles. The molecule has 1 aliphatic carbocycles. The number of halogens is 3. The standard InChI is InChI=1S/C18H23F3N2O4S/c19-18(20,21)27-15-6-8-16(9-7-15)28(25,26)23-12-10-22(11-13-23)17(24)14-4-2-1-3-5-14/h6-9,14H,1-5,10-13H2. The number of hydrogen-bond donors (Lipinski definition) is 0. The third kappa shape index (κ3) is 4.96. The van der Waals surface area contributed by atoms with Gasteiger partial charge in [-0.3, -0.25) is 4.79 Å². The molecule has 1 aromatic carbocycles. The van der Waals surface area contributed by atoms with Gasteiger partial charge in [0, 0.05) is 32.1 Å². The molecule has 3 rings (SSSR count). The molecule has 10 heteroatoms. The second-order valence-electron chi connectivity index (χ2n) is 7.08. The normalized spacial score (nSPS) is 20.2. The number of piperazine rings is 1. The van der Waals surface area contributed by atoms with E-state index in [9.17, 15) is 26.4 Å². The van der Waals surface area contributed by atoms with Gasteiger partial charge in [0.1, 0.15) is 5.75 Å². The first-order valence-corrected chi connectivity index (χ1v) is 10.8. The van der Waals surface area contributed by atoms with Crippen LogP contribution in [0.1, 0.15) is 32.1 Å². The molecule has 1 aliphatic heterocycles. The predicted molar refractivity (Wildman–Crippen MR) is 95.0 cm³/mol. The largest absolute Gasteiger partial charge is 0.573 e. The summed E-state index contributed by atoms with van der Waals surface area (Å²) in [5.74, 6) is -0.335. The number of carbonyl (C=O) groups is 1. The van der Waals surface area contributed by atoms with E-state index in [4.69, 9.17) is 0 Å². The highest BCUT2D eigenvalue weighted by molar-refractivity contribution is 7.89. The summed E-state index contributed by atoms with van der Waals surface area (Å²) >= 11 is 0. The Morgan fingerprint density at radius 2 is 1.54 bits per heavy atom. The first-order valence-electron chi connectivity index (χ1n) is 9.31. The van der Waals surface area contributed by atoms with E-state index in [1.165, 1.54) is 4.31 Å². The Morgan fingerprint density at radius 3 is 2.07 bits per heavy atom. The summed E-state index contributed by atoms with van der Waals surface area (Å²) in [6.07, 6.45) is 0.217. The fourth-order valence-corrected chi connectivity index (χ4v) is 5.14. The number of rotatable bonds is 4. The maximum Gasteiger partial charge on any atom is 0.573 e. The van der Waals surface area contributed by atoms with Crippen LogP contribution in [0.3, 0.4) is 0 Å². The van der Waals surface area contributed by atoms with E-state index in [0.29, 0.717) is 13.1 Å². The molecule has 2 fully saturated rings. The fourth-order valence-electron chi connectivity index (χ4n) is 3.72. The summed E-state index contributed by atoms with van der Waals surface area (Å²) in [4.78, 5) is 14.2. The molecule has 1 saturated carbocycles. The Labute approximate surface area is 162 Å². The molecule has 0 atom stereocenters. The van der Waals surface area contributed by atoms with Gasteiger partial charge in [-0.25, -0.2) is 8.42 Å². The van der Waals surface area contributed by atoms with Crippen LogP contribution in [0.2, 0.25) is 0 Å². The lowest BCUT2D eigenvalue weighted by Crippen LogP contribution is -2.52. The minimum absolute atomic E-state index is 0.0399. The summed E-state index contributed by atoms with van der Waals surface area (Å²) in [5, 5.41) is 0. The highest BCUT2D eigenvalue weighted by Crippen LogP contribution is 2.28. The van der Waals surface area contributed by atoms with E-state index in [-0.39, 0.29) is 29.8 Å². The van der Waals surface area contributed by atoms with Crippen molar-refractivity contribution in [2.24, 2.45) is 5.92 Å². The molecule has 1 aromatic rings. The van der Waals surface area contributed by atoms with Crippen molar-refractivity contribution in [1.29, 1.82) is 0 Å². The highest BCUT2D eigenvalue weighted by atomic mass is 32.2. The fraction of sp³-hybridized carbons (Fsp3) is 0.611. The zero-order chi connectivity index (χ0) is 20.4. The molecule has 1 amide bonds. The van der Waals surface area contributed by atoms with Crippen molar-refractivity contribution in [3.8, 4) is 5.75 Å². The lowest BCUT2D eigenvalue weighted by molar-refractivity contribution is -0.274. The molecule has 6 nitrogen and oxygen atoms in total. The van der Waals surface area contributed by atoms with Crippen molar-refractivity contribution in [3.63, 3.8) is 0 Å². The number of sulfonamides is 1. The van der Waals surface area contributed by atoms with Gasteiger partial charge >= 0.3 is 6.36 Å². The minimum atomic E-state index is -4.83. The second kappa shape index (κ2) is 8.28. The van der Waals surface area contributed by atoms with Crippen LogP contribution in [0.4, 0.5) is 13.2 Å². The number of nitrogens with zero attached hydrogens (tertiary/aromatic N) is 2. The van der Waals surface area contributed by atoms with Gasteiger partial charge in [-0.1, -0.05) is 19.3 Å². The van der Waals surface area contributed by atoms with Crippen LogP contribution >= 0.6 is 0 Å². The molecule has 1 heterocycles. The zero-order valence-corrected chi connectivity index (χ0v) is 16.1. The van der Waals surface area contributed by atoms with E-state index in [2.05, 4.69) is 4.74 Å².